The molecule has 7 rings (SSSR count). The highest BCUT2D eigenvalue weighted by atomic mass is 32.3. The van der Waals surface area contributed by atoms with Gasteiger partial charge in [0.1, 0.15) is 41.1 Å². The Labute approximate surface area is 348 Å². The first kappa shape index (κ1) is 48.1. The van der Waals surface area contributed by atoms with Crippen LogP contribution in [-0.4, -0.2) is 67.6 Å². The molecule has 13 nitrogen and oxygen atoms in total. The van der Waals surface area contributed by atoms with Gasteiger partial charge in [0.05, 0.1) is 11.9 Å². The van der Waals surface area contributed by atoms with Crippen LogP contribution in [0.4, 0.5) is 40.8 Å². The van der Waals surface area contributed by atoms with Crippen molar-refractivity contribution >= 4 is 57.7 Å². The third kappa shape index (κ3) is 11.2. The summed E-state index contributed by atoms with van der Waals surface area (Å²) in [6, 6.07) is 23.2. The second kappa shape index (κ2) is 18.6. The number of halogens is 8. The van der Waals surface area contributed by atoms with E-state index in [9.17, 15) is 65.5 Å². The summed E-state index contributed by atoms with van der Waals surface area (Å²) in [5, 5.41) is 10.9. The number of phenolic OH excluding ortho intramolecular Hbond substituents is 1. The third-order valence-corrected chi connectivity index (χ3v) is 12.1. The van der Waals surface area contributed by atoms with Gasteiger partial charge in [-0.2, -0.15) is 46.9 Å². The monoisotopic (exact) mass is 931 g/mol. The van der Waals surface area contributed by atoms with Crippen molar-refractivity contribution in [1.29, 1.82) is 0 Å². The Morgan fingerprint density at radius 3 is 1.55 bits per heavy atom. The largest absolute Gasteiger partial charge is 0.534 e. The van der Waals surface area contributed by atoms with Crippen LogP contribution in [0.5, 0.6) is 11.5 Å². The molecule has 5 aromatic carbocycles. The van der Waals surface area contributed by atoms with Crippen molar-refractivity contribution in [3.05, 3.63) is 140 Å². The number of sulfonamides is 2. The lowest BCUT2D eigenvalue weighted by Gasteiger charge is -2.22. The van der Waals surface area contributed by atoms with Gasteiger partial charge in [0.2, 0.25) is 10.0 Å². The Morgan fingerprint density at radius 2 is 1.08 bits per heavy atom. The average Bonchev–Trinajstić information content (AvgIpc) is 3.17. The SMILES string of the molecule is C.CS(=O)(=O)N(c1ccccc1)S(=O)(=O)C(F)(F)F.O=S(=O)(Oc1cc(-c2cccc(F)c2)cc2cncnc12)C(F)(F)F.Oc1cc(-c2cccc(F)c2)cc2cncnc12. The summed E-state index contributed by atoms with van der Waals surface area (Å²) >= 11 is 0. The number of alkyl halides is 6. The number of anilines is 1. The lowest BCUT2D eigenvalue weighted by atomic mass is 10.0. The first-order chi connectivity index (χ1) is 28.4. The van der Waals surface area contributed by atoms with Gasteiger partial charge in [0.15, 0.2) is 5.75 Å². The Morgan fingerprint density at radius 1 is 0.597 bits per heavy atom. The maximum atomic E-state index is 13.4. The molecule has 0 bridgehead atoms. The molecule has 0 amide bonds. The Hall–Kier alpha value is -6.53. The van der Waals surface area contributed by atoms with Gasteiger partial charge in [-0.25, -0.2) is 37.1 Å². The van der Waals surface area contributed by atoms with E-state index in [4.69, 9.17) is 0 Å². The molecule has 2 aromatic heterocycles. The maximum absolute atomic E-state index is 13.4. The van der Waals surface area contributed by atoms with Crippen molar-refractivity contribution in [2.24, 2.45) is 0 Å². The minimum absolute atomic E-state index is 0. The van der Waals surface area contributed by atoms with Crippen molar-refractivity contribution in [2.45, 2.75) is 18.4 Å². The van der Waals surface area contributed by atoms with Crippen LogP contribution in [0.3, 0.4) is 0 Å². The number of para-hydroxylation sites is 1. The molecular weight excluding hydrogens is 903 g/mol. The summed E-state index contributed by atoms with van der Waals surface area (Å²) in [4.78, 5) is 15.4. The van der Waals surface area contributed by atoms with Crippen LogP contribution in [0.15, 0.2) is 128 Å². The predicted molar refractivity (Wildman–Crippen MR) is 213 cm³/mol. The van der Waals surface area contributed by atoms with Crippen LogP contribution >= 0.6 is 0 Å². The highest BCUT2D eigenvalue weighted by molar-refractivity contribution is 8.10. The third-order valence-electron chi connectivity index (χ3n) is 7.74. The van der Waals surface area contributed by atoms with Crippen LogP contribution in [0.1, 0.15) is 7.43 Å². The van der Waals surface area contributed by atoms with E-state index < -0.39 is 62.1 Å². The molecule has 0 spiro atoms. The van der Waals surface area contributed by atoms with Crippen LogP contribution in [0.25, 0.3) is 44.1 Å². The van der Waals surface area contributed by atoms with E-state index in [1.165, 1.54) is 67.1 Å². The predicted octanol–water partition coefficient (Wildman–Crippen LogP) is 8.74. The molecule has 0 fully saturated rings. The fourth-order valence-electron chi connectivity index (χ4n) is 5.21. The van der Waals surface area contributed by atoms with Gasteiger partial charge in [0.25, 0.3) is 0 Å². The molecule has 2 heterocycles. The van der Waals surface area contributed by atoms with Gasteiger partial charge in [-0.1, -0.05) is 49.9 Å². The zero-order valence-electron chi connectivity index (χ0n) is 30.4. The minimum Gasteiger partial charge on any atom is -0.506 e. The van der Waals surface area contributed by atoms with Crippen molar-refractivity contribution in [1.82, 2.24) is 19.9 Å². The number of aromatic nitrogens is 4. The van der Waals surface area contributed by atoms with Crippen LogP contribution < -0.4 is 7.89 Å². The summed E-state index contributed by atoms with van der Waals surface area (Å²) < 4.78 is 173. The number of benzene rings is 5. The highest BCUT2D eigenvalue weighted by Gasteiger charge is 2.53. The molecule has 0 radical (unpaired) electrons. The van der Waals surface area contributed by atoms with Gasteiger partial charge >= 0.3 is 31.2 Å². The number of fused-ring (bicyclic) bond motifs is 2. The molecule has 0 unspecified atom stereocenters. The summed E-state index contributed by atoms with van der Waals surface area (Å²) in [7, 11) is -16.5. The van der Waals surface area contributed by atoms with Crippen LogP contribution in [0.2, 0.25) is 0 Å². The molecule has 0 aliphatic rings. The number of aromatic hydroxyl groups is 1. The second-order valence-corrected chi connectivity index (χ2v) is 17.5. The maximum Gasteiger partial charge on any atom is 0.534 e. The highest BCUT2D eigenvalue weighted by Crippen LogP contribution is 2.36. The van der Waals surface area contributed by atoms with Gasteiger partial charge in [-0.15, -0.1) is 0 Å². The molecule has 1 N–H and O–H groups in total. The van der Waals surface area contributed by atoms with E-state index in [2.05, 4.69) is 24.1 Å². The summed E-state index contributed by atoms with van der Waals surface area (Å²) in [6.45, 7) is 0. The minimum atomic E-state index is -6.00. The number of hydrogen-bond donors (Lipinski definition) is 1. The van der Waals surface area contributed by atoms with E-state index in [1.54, 1.807) is 24.4 Å². The van der Waals surface area contributed by atoms with E-state index in [0.717, 1.165) is 41.5 Å². The number of phenols is 1. The van der Waals surface area contributed by atoms with E-state index >= 15 is 0 Å². The van der Waals surface area contributed by atoms with Gasteiger partial charge in [0, 0.05) is 23.2 Å². The van der Waals surface area contributed by atoms with Gasteiger partial charge in [-0.05, 0) is 82.9 Å². The molecule has 24 heteroatoms. The average molecular weight is 932 g/mol. The summed E-state index contributed by atoms with van der Waals surface area (Å²) in [6.07, 6.45) is 5.69. The molecular formula is C38H29F8N5O8S3. The lowest BCUT2D eigenvalue weighted by Crippen LogP contribution is -2.44. The quantitative estimate of drug-likeness (QED) is 0.0911. The molecule has 0 saturated heterocycles. The topological polar surface area (TPSA) is 187 Å². The molecule has 0 aliphatic heterocycles. The molecule has 0 aliphatic carbocycles. The Balaban J connectivity index is 0.000000207. The zero-order chi connectivity index (χ0) is 45.0. The molecule has 0 saturated carbocycles. The second-order valence-electron chi connectivity index (χ2n) is 12.1. The Kier molecular flexibility index (Phi) is 14.5. The molecule has 0 atom stereocenters. The Bertz CT molecular complexity index is 3050. The fraction of sp³-hybridized carbons (Fsp3) is 0.105. The van der Waals surface area contributed by atoms with Crippen LogP contribution in [0, 0.1) is 11.6 Å². The number of nitrogens with zero attached hydrogens (tertiary/aromatic N) is 5. The van der Waals surface area contributed by atoms with Crippen molar-refractivity contribution < 1.29 is 69.7 Å². The summed E-state index contributed by atoms with van der Waals surface area (Å²) in [5.41, 5.74) is -9.53. The normalized spacial score (nSPS) is 12.0. The molecule has 62 heavy (non-hydrogen) atoms. The standard InChI is InChI=1S/C15H8F4N2O3S.C14H9FN2O.C8H8F3NO4S2.CH4/c16-12-3-1-2-9(5-12)10-4-11-7-20-8-21-14(11)13(6-10)24-25(22,23)15(17,18)19;15-12-3-1-2-9(5-12)10-4-11-7-16-8-17-14(11)13(18)6-10;1-17(13,14)12(7-5-3-2-4-6-7)18(15,16)8(9,10)11;/h1-8H;1-8,18H;2-6H,1H3;1H4. The van der Waals surface area contributed by atoms with Gasteiger partial charge in [-0.3, -0.25) is 0 Å². The molecule has 7 aromatic rings. The summed E-state index contributed by atoms with van der Waals surface area (Å²) in [5.74, 6) is -1.44. The first-order valence-electron chi connectivity index (χ1n) is 16.4. The van der Waals surface area contributed by atoms with E-state index in [0.29, 0.717) is 22.9 Å². The number of hydrogen-bond acceptors (Lipinski definition) is 12. The van der Waals surface area contributed by atoms with Crippen molar-refractivity contribution in [2.75, 3.05) is 9.97 Å². The first-order valence-corrected chi connectivity index (χ1v) is 21.1. The van der Waals surface area contributed by atoms with Crippen LogP contribution in [-0.2, 0) is 30.2 Å². The van der Waals surface area contributed by atoms with Crippen molar-refractivity contribution in [3.63, 3.8) is 0 Å². The van der Waals surface area contributed by atoms with Crippen molar-refractivity contribution in [3.8, 4) is 33.8 Å². The van der Waals surface area contributed by atoms with E-state index in [1.807, 2.05) is 6.07 Å². The smallest absolute Gasteiger partial charge is 0.506 e. The van der Waals surface area contributed by atoms with E-state index in [-0.39, 0.29) is 35.5 Å². The zero-order valence-corrected chi connectivity index (χ0v) is 32.9. The number of rotatable bonds is 7. The van der Waals surface area contributed by atoms with Gasteiger partial charge < -0.3 is 9.29 Å². The fourth-order valence-corrected chi connectivity index (χ4v) is 8.44. The molecule has 328 valence electrons. The lowest BCUT2D eigenvalue weighted by molar-refractivity contribution is -0.0500.